The van der Waals surface area contributed by atoms with Crippen LogP contribution < -0.4 is 5.32 Å². The van der Waals surface area contributed by atoms with Crippen molar-refractivity contribution >= 4 is 0 Å². The van der Waals surface area contributed by atoms with Crippen LogP contribution in [0, 0.1) is 0 Å². The van der Waals surface area contributed by atoms with Crippen LogP contribution in [-0.4, -0.2) is 59.4 Å². The summed E-state index contributed by atoms with van der Waals surface area (Å²) in [5.41, 5.74) is 0.852. The van der Waals surface area contributed by atoms with E-state index in [0.29, 0.717) is 18.3 Å². The Morgan fingerprint density at radius 2 is 2.43 bits per heavy atom. The molecule has 7 nitrogen and oxygen atoms in total. The van der Waals surface area contributed by atoms with Crippen molar-refractivity contribution in [2.24, 2.45) is 0 Å². The molecule has 1 N–H and O–H groups in total. The molecule has 3 heterocycles. The molecule has 0 aromatic carbocycles. The fourth-order valence-electron chi connectivity index (χ4n) is 2.27. The molecule has 7 heteroatoms. The van der Waals surface area contributed by atoms with Crippen molar-refractivity contribution in [3.05, 3.63) is 30.4 Å². The third-order valence-electron chi connectivity index (χ3n) is 3.38. The number of hydrogen-bond acceptors (Lipinski definition) is 7. The molecule has 1 atom stereocenters. The second-order valence-corrected chi connectivity index (χ2v) is 5.14. The number of nitrogens with zero attached hydrogens (tertiary/aromatic N) is 4. The Morgan fingerprint density at radius 3 is 3.24 bits per heavy atom. The predicted molar refractivity (Wildman–Crippen MR) is 76.5 cm³/mol. The first kappa shape index (κ1) is 14.1. The average molecular weight is 289 g/mol. The second-order valence-electron chi connectivity index (χ2n) is 5.14. The van der Waals surface area contributed by atoms with E-state index in [-0.39, 0.29) is 6.10 Å². The van der Waals surface area contributed by atoms with Gasteiger partial charge in [0.05, 0.1) is 19.3 Å². The second kappa shape index (κ2) is 6.75. The molecule has 1 fully saturated rings. The maximum absolute atomic E-state index is 5.68. The lowest BCUT2D eigenvalue weighted by Gasteiger charge is -2.30. The average Bonchev–Trinajstić information content (AvgIpc) is 2.97. The summed E-state index contributed by atoms with van der Waals surface area (Å²) in [6, 6.07) is 3.75. The molecule has 112 valence electrons. The van der Waals surface area contributed by atoms with E-state index in [1.54, 1.807) is 12.4 Å². The topological polar surface area (TPSA) is 76.3 Å². The number of hydrogen-bond donors (Lipinski definition) is 1. The fourth-order valence-corrected chi connectivity index (χ4v) is 2.27. The fraction of sp³-hybridized carbons (Fsp3) is 0.500. The van der Waals surface area contributed by atoms with E-state index >= 15 is 0 Å². The zero-order chi connectivity index (χ0) is 14.5. The van der Waals surface area contributed by atoms with E-state index < -0.39 is 0 Å². The van der Waals surface area contributed by atoms with Gasteiger partial charge in [0.25, 0.3) is 0 Å². The van der Waals surface area contributed by atoms with Crippen LogP contribution in [0.25, 0.3) is 11.4 Å². The summed E-state index contributed by atoms with van der Waals surface area (Å²) in [6.45, 7) is 4.03. The van der Waals surface area contributed by atoms with Crippen molar-refractivity contribution in [2.75, 3.05) is 33.3 Å². The molecule has 0 bridgehead atoms. The van der Waals surface area contributed by atoms with E-state index in [4.69, 9.17) is 9.26 Å². The van der Waals surface area contributed by atoms with Gasteiger partial charge in [0, 0.05) is 37.6 Å². The van der Waals surface area contributed by atoms with Crippen LogP contribution in [0.3, 0.4) is 0 Å². The Morgan fingerprint density at radius 1 is 1.48 bits per heavy atom. The number of nitrogens with one attached hydrogen (secondary N) is 1. The van der Waals surface area contributed by atoms with Crippen LogP contribution in [0.15, 0.2) is 29.0 Å². The van der Waals surface area contributed by atoms with Gasteiger partial charge in [0.2, 0.25) is 11.7 Å². The van der Waals surface area contributed by atoms with E-state index in [9.17, 15) is 0 Å². The first-order valence-electron chi connectivity index (χ1n) is 7.05. The largest absolute Gasteiger partial charge is 0.374 e. The Hall–Kier alpha value is -1.83. The van der Waals surface area contributed by atoms with Crippen molar-refractivity contribution < 1.29 is 9.26 Å². The molecular weight excluding hydrogens is 270 g/mol. The standard InChI is InChI=1S/C14H19N5O2/c1-19-5-6-20-12(10-19)8-16-9-13-17-14(18-21-13)11-3-2-4-15-7-11/h2-4,7,12,16H,5-6,8-10H2,1H3/t12-/m1/s1. The van der Waals surface area contributed by atoms with Gasteiger partial charge in [-0.05, 0) is 19.2 Å². The monoisotopic (exact) mass is 289 g/mol. The molecule has 1 aliphatic rings. The molecule has 0 aliphatic carbocycles. The summed E-state index contributed by atoms with van der Waals surface area (Å²) in [5.74, 6) is 1.13. The van der Waals surface area contributed by atoms with Gasteiger partial charge in [-0.3, -0.25) is 4.98 Å². The molecule has 3 rings (SSSR count). The SMILES string of the molecule is CN1CCO[C@H](CNCc2nc(-c3cccnc3)no2)C1. The van der Waals surface area contributed by atoms with E-state index in [0.717, 1.165) is 31.8 Å². The van der Waals surface area contributed by atoms with Crippen LogP contribution in [0.4, 0.5) is 0 Å². The molecule has 0 amide bonds. The Labute approximate surface area is 123 Å². The summed E-state index contributed by atoms with van der Waals surface area (Å²) in [5, 5.41) is 7.25. The van der Waals surface area contributed by atoms with Crippen molar-refractivity contribution in [3.8, 4) is 11.4 Å². The van der Waals surface area contributed by atoms with Crippen molar-refractivity contribution in [2.45, 2.75) is 12.6 Å². The highest BCUT2D eigenvalue weighted by Gasteiger charge is 2.17. The van der Waals surface area contributed by atoms with Gasteiger partial charge in [-0.25, -0.2) is 0 Å². The van der Waals surface area contributed by atoms with Crippen LogP contribution in [-0.2, 0) is 11.3 Å². The maximum atomic E-state index is 5.68. The van der Waals surface area contributed by atoms with Crippen LogP contribution in [0.1, 0.15) is 5.89 Å². The third-order valence-corrected chi connectivity index (χ3v) is 3.38. The minimum absolute atomic E-state index is 0.212. The normalized spacial score (nSPS) is 19.8. The van der Waals surface area contributed by atoms with Crippen molar-refractivity contribution in [1.29, 1.82) is 0 Å². The first-order chi connectivity index (χ1) is 10.3. The molecule has 2 aromatic rings. The van der Waals surface area contributed by atoms with Crippen molar-refractivity contribution in [1.82, 2.24) is 25.3 Å². The van der Waals surface area contributed by atoms with E-state index in [1.165, 1.54) is 0 Å². The number of morpholine rings is 1. The zero-order valence-corrected chi connectivity index (χ0v) is 12.0. The van der Waals surface area contributed by atoms with Gasteiger partial charge in [-0.15, -0.1) is 0 Å². The number of aromatic nitrogens is 3. The lowest BCUT2D eigenvalue weighted by Crippen LogP contribution is -2.44. The Bertz CT molecular complexity index is 560. The zero-order valence-electron chi connectivity index (χ0n) is 12.0. The summed E-state index contributed by atoms with van der Waals surface area (Å²) in [6.07, 6.45) is 3.64. The summed E-state index contributed by atoms with van der Waals surface area (Å²) < 4.78 is 10.9. The smallest absolute Gasteiger partial charge is 0.240 e. The minimum atomic E-state index is 0.212. The van der Waals surface area contributed by atoms with Gasteiger partial charge in [0.15, 0.2) is 0 Å². The maximum Gasteiger partial charge on any atom is 0.240 e. The van der Waals surface area contributed by atoms with E-state index in [1.807, 2.05) is 12.1 Å². The highest BCUT2D eigenvalue weighted by Crippen LogP contribution is 2.13. The van der Waals surface area contributed by atoms with Crippen LogP contribution in [0.2, 0.25) is 0 Å². The molecule has 0 radical (unpaired) electrons. The molecule has 0 unspecified atom stereocenters. The summed E-state index contributed by atoms with van der Waals surface area (Å²) in [7, 11) is 2.10. The van der Waals surface area contributed by atoms with Gasteiger partial charge in [-0.1, -0.05) is 5.16 Å². The van der Waals surface area contributed by atoms with Crippen LogP contribution in [0.5, 0.6) is 0 Å². The molecule has 0 saturated carbocycles. The molecule has 1 saturated heterocycles. The molecule has 1 aliphatic heterocycles. The minimum Gasteiger partial charge on any atom is -0.374 e. The first-order valence-corrected chi connectivity index (χ1v) is 7.05. The van der Waals surface area contributed by atoms with Gasteiger partial charge in [0.1, 0.15) is 0 Å². The van der Waals surface area contributed by atoms with Gasteiger partial charge in [-0.2, -0.15) is 4.98 Å². The lowest BCUT2D eigenvalue weighted by molar-refractivity contribution is -0.0184. The number of ether oxygens (including phenoxy) is 1. The van der Waals surface area contributed by atoms with E-state index in [2.05, 4.69) is 32.4 Å². The number of likely N-dealkylation sites (N-methyl/N-ethyl adjacent to an activating group) is 1. The number of rotatable bonds is 5. The lowest BCUT2D eigenvalue weighted by atomic mass is 10.3. The summed E-state index contributed by atoms with van der Waals surface area (Å²) >= 11 is 0. The molecule has 0 spiro atoms. The number of pyridine rings is 1. The quantitative estimate of drug-likeness (QED) is 0.861. The van der Waals surface area contributed by atoms with Gasteiger partial charge >= 0.3 is 0 Å². The van der Waals surface area contributed by atoms with Crippen LogP contribution >= 0.6 is 0 Å². The molecule has 21 heavy (non-hydrogen) atoms. The predicted octanol–water partition coefficient (Wildman–Crippen LogP) is 0.552. The van der Waals surface area contributed by atoms with Gasteiger partial charge < -0.3 is 19.5 Å². The highest BCUT2D eigenvalue weighted by atomic mass is 16.5. The molecular formula is C14H19N5O2. The van der Waals surface area contributed by atoms with Crippen molar-refractivity contribution in [3.63, 3.8) is 0 Å². The Kier molecular flexibility index (Phi) is 4.54. The summed E-state index contributed by atoms with van der Waals surface area (Å²) in [4.78, 5) is 10.7. The third kappa shape index (κ3) is 3.84. The Balaban J connectivity index is 1.49. The molecule has 2 aromatic heterocycles. The highest BCUT2D eigenvalue weighted by molar-refractivity contribution is 5.51.